The normalized spacial score (nSPS) is 17.4. The molecule has 1 aliphatic rings. The molecule has 1 aliphatic heterocycles. The third kappa shape index (κ3) is 2.80. The van der Waals surface area contributed by atoms with Crippen LogP contribution in [0.3, 0.4) is 0 Å². The highest BCUT2D eigenvalue weighted by atomic mass is 19.1. The van der Waals surface area contributed by atoms with Gasteiger partial charge >= 0.3 is 0 Å². The summed E-state index contributed by atoms with van der Waals surface area (Å²) in [6.45, 7) is 1.35. The van der Waals surface area contributed by atoms with Crippen molar-refractivity contribution in [3.63, 3.8) is 0 Å². The van der Waals surface area contributed by atoms with E-state index in [9.17, 15) is 9.18 Å². The molecule has 4 rings (SSSR count). The van der Waals surface area contributed by atoms with Crippen molar-refractivity contribution in [2.24, 2.45) is 0 Å². The van der Waals surface area contributed by atoms with Gasteiger partial charge in [0.2, 0.25) is 5.65 Å². The van der Waals surface area contributed by atoms with Crippen molar-refractivity contribution in [1.82, 2.24) is 15.3 Å². The molecule has 0 bridgehead atoms. The van der Waals surface area contributed by atoms with E-state index in [1.165, 1.54) is 24.3 Å². The van der Waals surface area contributed by atoms with Crippen LogP contribution in [-0.4, -0.2) is 35.0 Å². The first-order valence-corrected chi connectivity index (χ1v) is 7.72. The van der Waals surface area contributed by atoms with Gasteiger partial charge in [-0.2, -0.15) is 4.98 Å². The molecule has 0 radical (unpaired) electrons. The van der Waals surface area contributed by atoms with Crippen molar-refractivity contribution < 1.29 is 13.6 Å². The number of pyridine rings is 1. The number of anilines is 1. The molecular formula is C17H15FN4O2. The number of benzene rings is 1. The number of hydrogen-bond acceptors (Lipinski definition) is 5. The summed E-state index contributed by atoms with van der Waals surface area (Å²) in [6, 6.07) is 9.64. The number of carbonyl (C=O) groups is 1. The molecule has 7 heteroatoms. The standard InChI is InChI=1S/C17H15FN4O2/c18-12-5-3-11(4-6-12)16(23)20-13-7-9-22(10-13)17-21-15-14(24-17)2-1-8-19-15/h1-6,8,13H,7,9-10H2,(H,20,23). The summed E-state index contributed by atoms with van der Waals surface area (Å²) < 4.78 is 18.6. The van der Waals surface area contributed by atoms with E-state index in [2.05, 4.69) is 15.3 Å². The van der Waals surface area contributed by atoms with Crippen LogP contribution in [-0.2, 0) is 0 Å². The van der Waals surface area contributed by atoms with Crippen LogP contribution in [0.5, 0.6) is 0 Å². The van der Waals surface area contributed by atoms with Crippen molar-refractivity contribution in [2.75, 3.05) is 18.0 Å². The smallest absolute Gasteiger partial charge is 0.300 e. The quantitative estimate of drug-likeness (QED) is 0.800. The van der Waals surface area contributed by atoms with Crippen molar-refractivity contribution >= 4 is 23.2 Å². The number of amides is 1. The molecule has 1 fully saturated rings. The number of oxazole rings is 1. The SMILES string of the molecule is O=C(NC1CCN(c2nc3ncccc3o2)C1)c1ccc(F)cc1. The molecule has 1 saturated heterocycles. The summed E-state index contributed by atoms with van der Waals surface area (Å²) in [5.74, 6) is -0.566. The summed E-state index contributed by atoms with van der Waals surface area (Å²) in [4.78, 5) is 22.7. The van der Waals surface area contributed by atoms with Gasteiger partial charge in [0.15, 0.2) is 5.58 Å². The van der Waals surface area contributed by atoms with Crippen LogP contribution in [0.25, 0.3) is 11.2 Å². The van der Waals surface area contributed by atoms with Gasteiger partial charge < -0.3 is 14.6 Å². The fourth-order valence-electron chi connectivity index (χ4n) is 2.81. The fourth-order valence-corrected chi connectivity index (χ4v) is 2.81. The third-order valence-electron chi connectivity index (χ3n) is 4.05. The zero-order valence-electron chi connectivity index (χ0n) is 12.8. The molecule has 0 aliphatic carbocycles. The Kier molecular flexibility index (Phi) is 3.60. The third-order valence-corrected chi connectivity index (χ3v) is 4.05. The van der Waals surface area contributed by atoms with Gasteiger partial charge in [-0.3, -0.25) is 4.79 Å². The van der Waals surface area contributed by atoms with E-state index in [4.69, 9.17) is 4.42 Å². The van der Waals surface area contributed by atoms with E-state index < -0.39 is 0 Å². The van der Waals surface area contributed by atoms with Crippen LogP contribution >= 0.6 is 0 Å². The predicted molar refractivity (Wildman–Crippen MR) is 86.3 cm³/mol. The second-order valence-corrected chi connectivity index (χ2v) is 5.73. The number of hydrogen-bond donors (Lipinski definition) is 1. The van der Waals surface area contributed by atoms with Gasteiger partial charge in [0.1, 0.15) is 5.82 Å². The highest BCUT2D eigenvalue weighted by Gasteiger charge is 2.27. The van der Waals surface area contributed by atoms with Gasteiger partial charge in [-0.15, -0.1) is 0 Å². The van der Waals surface area contributed by atoms with Crippen LogP contribution in [0.15, 0.2) is 47.0 Å². The summed E-state index contributed by atoms with van der Waals surface area (Å²) in [7, 11) is 0. The number of fused-ring (bicyclic) bond motifs is 1. The average Bonchev–Trinajstić information content (AvgIpc) is 3.21. The van der Waals surface area contributed by atoms with Crippen molar-refractivity contribution in [3.8, 4) is 0 Å². The van der Waals surface area contributed by atoms with E-state index in [0.717, 1.165) is 13.0 Å². The number of rotatable bonds is 3. The highest BCUT2D eigenvalue weighted by Crippen LogP contribution is 2.23. The lowest BCUT2D eigenvalue weighted by Crippen LogP contribution is -2.37. The van der Waals surface area contributed by atoms with Gasteiger partial charge in [-0.25, -0.2) is 9.37 Å². The Morgan fingerprint density at radius 1 is 1.29 bits per heavy atom. The molecule has 24 heavy (non-hydrogen) atoms. The monoisotopic (exact) mass is 326 g/mol. The fraction of sp³-hybridized carbons (Fsp3) is 0.235. The number of aromatic nitrogens is 2. The number of carbonyl (C=O) groups excluding carboxylic acids is 1. The van der Waals surface area contributed by atoms with E-state index in [1.54, 1.807) is 12.3 Å². The number of halogens is 1. The molecule has 0 spiro atoms. The van der Waals surface area contributed by atoms with Gasteiger partial charge in [-0.1, -0.05) is 0 Å². The van der Waals surface area contributed by atoms with Crippen molar-refractivity contribution in [1.29, 1.82) is 0 Å². The zero-order valence-corrected chi connectivity index (χ0v) is 12.8. The number of nitrogens with one attached hydrogen (secondary N) is 1. The van der Waals surface area contributed by atoms with Crippen LogP contribution in [0.4, 0.5) is 10.4 Å². The molecule has 1 N–H and O–H groups in total. The predicted octanol–water partition coefficient (Wildman–Crippen LogP) is 2.37. The van der Waals surface area contributed by atoms with E-state index in [-0.39, 0.29) is 17.8 Å². The molecule has 122 valence electrons. The minimum absolute atomic E-state index is 0.00877. The molecule has 3 aromatic rings. The zero-order chi connectivity index (χ0) is 16.5. The van der Waals surface area contributed by atoms with Crippen molar-refractivity contribution in [2.45, 2.75) is 12.5 Å². The first-order valence-electron chi connectivity index (χ1n) is 7.72. The Morgan fingerprint density at radius 2 is 2.12 bits per heavy atom. The van der Waals surface area contributed by atoms with Crippen LogP contribution in [0.1, 0.15) is 16.8 Å². The minimum atomic E-state index is -0.358. The second-order valence-electron chi connectivity index (χ2n) is 5.73. The molecule has 6 nitrogen and oxygen atoms in total. The lowest BCUT2D eigenvalue weighted by Gasteiger charge is -2.14. The Morgan fingerprint density at radius 3 is 2.92 bits per heavy atom. The molecule has 2 aromatic heterocycles. The molecule has 1 unspecified atom stereocenters. The topological polar surface area (TPSA) is 71.3 Å². The van der Waals surface area contributed by atoms with E-state index in [1.807, 2.05) is 11.0 Å². The molecule has 1 atom stereocenters. The van der Waals surface area contributed by atoms with Crippen LogP contribution in [0.2, 0.25) is 0 Å². The Balaban J connectivity index is 1.42. The summed E-state index contributed by atoms with van der Waals surface area (Å²) >= 11 is 0. The molecule has 1 amide bonds. The van der Waals surface area contributed by atoms with Crippen molar-refractivity contribution in [3.05, 3.63) is 54.0 Å². The first-order chi connectivity index (χ1) is 11.7. The van der Waals surface area contributed by atoms with Crippen LogP contribution < -0.4 is 10.2 Å². The lowest BCUT2D eigenvalue weighted by molar-refractivity contribution is 0.0940. The maximum Gasteiger partial charge on any atom is 0.300 e. The van der Waals surface area contributed by atoms with E-state index >= 15 is 0 Å². The Hall–Kier alpha value is -2.96. The second kappa shape index (κ2) is 5.92. The van der Waals surface area contributed by atoms with Gasteiger partial charge in [0.05, 0.1) is 0 Å². The summed E-state index contributed by atoms with van der Waals surface area (Å²) in [6.07, 6.45) is 2.46. The summed E-state index contributed by atoms with van der Waals surface area (Å²) in [5, 5.41) is 2.96. The maximum atomic E-state index is 12.9. The maximum absolute atomic E-state index is 12.9. The van der Waals surface area contributed by atoms with Gasteiger partial charge in [0, 0.05) is 30.9 Å². The van der Waals surface area contributed by atoms with Crippen LogP contribution in [0, 0.1) is 5.82 Å². The van der Waals surface area contributed by atoms with Gasteiger partial charge in [0.25, 0.3) is 11.9 Å². The van der Waals surface area contributed by atoms with Gasteiger partial charge in [-0.05, 0) is 42.8 Å². The number of nitrogens with zero attached hydrogens (tertiary/aromatic N) is 3. The van der Waals surface area contributed by atoms with E-state index in [0.29, 0.717) is 29.4 Å². The largest absolute Gasteiger partial charge is 0.422 e. The average molecular weight is 326 g/mol. The molecule has 1 aromatic carbocycles. The Bertz CT molecular complexity index is 845. The molecular weight excluding hydrogens is 311 g/mol. The Labute approximate surface area is 137 Å². The first kappa shape index (κ1) is 14.6. The molecule has 0 saturated carbocycles. The highest BCUT2D eigenvalue weighted by molar-refractivity contribution is 5.94. The lowest BCUT2D eigenvalue weighted by atomic mass is 10.2. The summed E-state index contributed by atoms with van der Waals surface area (Å²) in [5.41, 5.74) is 1.67. The minimum Gasteiger partial charge on any atom is -0.422 e. The molecule has 3 heterocycles.